The third-order valence-electron chi connectivity index (χ3n) is 4.06. The van der Waals surface area contributed by atoms with Crippen molar-refractivity contribution in [1.29, 1.82) is 0 Å². The van der Waals surface area contributed by atoms with Crippen molar-refractivity contribution in [2.75, 3.05) is 13.1 Å². The van der Waals surface area contributed by atoms with Gasteiger partial charge in [-0.3, -0.25) is 9.78 Å². The summed E-state index contributed by atoms with van der Waals surface area (Å²) in [6, 6.07) is 10.4. The van der Waals surface area contributed by atoms with E-state index in [1.54, 1.807) is 6.92 Å². The van der Waals surface area contributed by atoms with E-state index in [0.29, 0.717) is 5.92 Å². The molecule has 0 saturated carbocycles. The van der Waals surface area contributed by atoms with Gasteiger partial charge in [0.15, 0.2) is 0 Å². The molecular weight excluding hydrogens is 236 g/mol. The van der Waals surface area contributed by atoms with Crippen LogP contribution in [0.3, 0.4) is 0 Å². The van der Waals surface area contributed by atoms with Crippen molar-refractivity contribution >= 4 is 16.8 Å². The van der Waals surface area contributed by atoms with Gasteiger partial charge in [0.1, 0.15) is 0 Å². The van der Waals surface area contributed by atoms with Crippen LogP contribution in [-0.4, -0.2) is 28.9 Å². The van der Waals surface area contributed by atoms with Gasteiger partial charge in [0.2, 0.25) is 5.91 Å². The third kappa shape index (κ3) is 2.33. The topological polar surface area (TPSA) is 33.2 Å². The van der Waals surface area contributed by atoms with Crippen molar-refractivity contribution in [3.05, 3.63) is 42.1 Å². The molecule has 0 aliphatic carbocycles. The van der Waals surface area contributed by atoms with Gasteiger partial charge in [0, 0.05) is 31.6 Å². The van der Waals surface area contributed by atoms with Gasteiger partial charge >= 0.3 is 0 Å². The van der Waals surface area contributed by atoms with Crippen LogP contribution >= 0.6 is 0 Å². The fourth-order valence-electron chi connectivity index (χ4n) is 2.98. The SMILES string of the molecule is CC(=O)N1CCC(c2ccnc3ccccc23)CC1. The largest absolute Gasteiger partial charge is 0.343 e. The van der Waals surface area contributed by atoms with Crippen LogP contribution in [0.15, 0.2) is 36.5 Å². The van der Waals surface area contributed by atoms with Crippen molar-refractivity contribution in [2.45, 2.75) is 25.7 Å². The summed E-state index contributed by atoms with van der Waals surface area (Å²) in [6.07, 6.45) is 4.00. The number of para-hydroxylation sites is 1. The number of piperidine rings is 1. The molecule has 1 aromatic heterocycles. The molecule has 0 spiro atoms. The van der Waals surface area contributed by atoms with Gasteiger partial charge in [-0.25, -0.2) is 0 Å². The van der Waals surface area contributed by atoms with Gasteiger partial charge in [0.25, 0.3) is 0 Å². The van der Waals surface area contributed by atoms with E-state index in [4.69, 9.17) is 0 Å². The highest BCUT2D eigenvalue weighted by Crippen LogP contribution is 2.32. The van der Waals surface area contributed by atoms with E-state index < -0.39 is 0 Å². The summed E-state index contributed by atoms with van der Waals surface area (Å²) in [7, 11) is 0. The Hall–Kier alpha value is -1.90. The quantitative estimate of drug-likeness (QED) is 0.784. The summed E-state index contributed by atoms with van der Waals surface area (Å²) >= 11 is 0. The number of carbonyl (C=O) groups excluding carboxylic acids is 1. The minimum atomic E-state index is 0.193. The molecule has 0 N–H and O–H groups in total. The fraction of sp³-hybridized carbons (Fsp3) is 0.375. The Morgan fingerprint density at radius 1 is 1.21 bits per heavy atom. The minimum absolute atomic E-state index is 0.193. The zero-order chi connectivity index (χ0) is 13.2. The molecular formula is C16H18N2O. The number of hydrogen-bond acceptors (Lipinski definition) is 2. The van der Waals surface area contributed by atoms with Crippen LogP contribution in [0, 0.1) is 0 Å². The first-order valence-corrected chi connectivity index (χ1v) is 6.85. The molecule has 1 aliphatic heterocycles. The molecule has 0 bridgehead atoms. The highest BCUT2D eigenvalue weighted by atomic mass is 16.2. The van der Waals surface area contributed by atoms with E-state index in [1.807, 2.05) is 17.2 Å². The monoisotopic (exact) mass is 254 g/mol. The summed E-state index contributed by atoms with van der Waals surface area (Å²) in [4.78, 5) is 17.7. The van der Waals surface area contributed by atoms with E-state index >= 15 is 0 Å². The average molecular weight is 254 g/mol. The van der Waals surface area contributed by atoms with Crippen LogP contribution in [0.5, 0.6) is 0 Å². The van der Waals surface area contributed by atoms with Crippen molar-refractivity contribution in [3.63, 3.8) is 0 Å². The zero-order valence-electron chi connectivity index (χ0n) is 11.2. The Bertz CT molecular complexity index is 595. The molecule has 2 aromatic rings. The number of nitrogens with zero attached hydrogens (tertiary/aromatic N) is 2. The van der Waals surface area contributed by atoms with Crippen LogP contribution in [0.1, 0.15) is 31.2 Å². The lowest BCUT2D eigenvalue weighted by Gasteiger charge is -2.31. The number of likely N-dealkylation sites (tertiary alicyclic amines) is 1. The van der Waals surface area contributed by atoms with E-state index in [9.17, 15) is 4.79 Å². The highest BCUT2D eigenvalue weighted by molar-refractivity contribution is 5.82. The number of rotatable bonds is 1. The number of benzene rings is 1. The Labute approximate surface area is 113 Å². The summed E-state index contributed by atoms with van der Waals surface area (Å²) < 4.78 is 0. The first kappa shape index (κ1) is 12.2. The maximum absolute atomic E-state index is 11.4. The lowest BCUT2D eigenvalue weighted by atomic mass is 9.87. The molecule has 1 fully saturated rings. The van der Waals surface area contributed by atoms with Gasteiger partial charge in [-0.2, -0.15) is 0 Å². The molecule has 1 amide bonds. The molecule has 98 valence electrons. The maximum atomic E-state index is 11.4. The number of aromatic nitrogens is 1. The summed E-state index contributed by atoms with van der Waals surface area (Å²) in [6.45, 7) is 3.40. The van der Waals surface area contributed by atoms with Gasteiger partial charge < -0.3 is 4.90 Å². The zero-order valence-corrected chi connectivity index (χ0v) is 11.2. The minimum Gasteiger partial charge on any atom is -0.343 e. The number of fused-ring (bicyclic) bond motifs is 1. The second-order valence-corrected chi connectivity index (χ2v) is 5.20. The fourth-order valence-corrected chi connectivity index (χ4v) is 2.98. The van der Waals surface area contributed by atoms with Crippen molar-refractivity contribution in [2.24, 2.45) is 0 Å². The van der Waals surface area contributed by atoms with Gasteiger partial charge in [-0.15, -0.1) is 0 Å². The predicted molar refractivity (Wildman–Crippen MR) is 76.0 cm³/mol. The molecule has 19 heavy (non-hydrogen) atoms. The van der Waals surface area contributed by atoms with Crippen molar-refractivity contribution in [3.8, 4) is 0 Å². The lowest BCUT2D eigenvalue weighted by Crippen LogP contribution is -2.36. The van der Waals surface area contributed by atoms with E-state index in [0.717, 1.165) is 31.4 Å². The maximum Gasteiger partial charge on any atom is 0.219 e. The second kappa shape index (κ2) is 5.00. The molecule has 2 heterocycles. The molecule has 0 radical (unpaired) electrons. The Morgan fingerprint density at radius 3 is 2.68 bits per heavy atom. The average Bonchev–Trinajstić information content (AvgIpc) is 2.47. The van der Waals surface area contributed by atoms with E-state index in [-0.39, 0.29) is 5.91 Å². The van der Waals surface area contributed by atoms with Crippen LogP contribution in [-0.2, 0) is 4.79 Å². The highest BCUT2D eigenvalue weighted by Gasteiger charge is 2.23. The molecule has 0 atom stereocenters. The normalized spacial score (nSPS) is 16.8. The first-order valence-electron chi connectivity index (χ1n) is 6.85. The summed E-state index contributed by atoms with van der Waals surface area (Å²) in [5.74, 6) is 0.738. The summed E-state index contributed by atoms with van der Waals surface area (Å²) in [5.41, 5.74) is 2.45. The number of hydrogen-bond donors (Lipinski definition) is 0. The molecule has 1 aromatic carbocycles. The number of pyridine rings is 1. The Kier molecular flexibility index (Phi) is 3.20. The first-order chi connectivity index (χ1) is 9.25. The van der Waals surface area contributed by atoms with Crippen LogP contribution < -0.4 is 0 Å². The van der Waals surface area contributed by atoms with Crippen LogP contribution in [0.2, 0.25) is 0 Å². The van der Waals surface area contributed by atoms with E-state index in [2.05, 4.69) is 29.2 Å². The molecule has 1 saturated heterocycles. The molecule has 3 nitrogen and oxygen atoms in total. The molecule has 1 aliphatic rings. The molecule has 3 heteroatoms. The standard InChI is InChI=1S/C16H18N2O/c1-12(19)18-10-7-13(8-11-18)14-6-9-17-16-5-3-2-4-15(14)16/h2-6,9,13H,7-8,10-11H2,1H3. The van der Waals surface area contributed by atoms with Crippen molar-refractivity contribution < 1.29 is 4.79 Å². The van der Waals surface area contributed by atoms with Gasteiger partial charge in [-0.1, -0.05) is 18.2 Å². The Balaban J connectivity index is 1.88. The number of amides is 1. The Morgan fingerprint density at radius 2 is 1.95 bits per heavy atom. The van der Waals surface area contributed by atoms with E-state index in [1.165, 1.54) is 10.9 Å². The predicted octanol–water partition coefficient (Wildman–Crippen LogP) is 2.96. The smallest absolute Gasteiger partial charge is 0.219 e. The third-order valence-corrected chi connectivity index (χ3v) is 4.06. The lowest BCUT2D eigenvalue weighted by molar-refractivity contribution is -0.129. The van der Waals surface area contributed by atoms with Gasteiger partial charge in [-0.05, 0) is 36.5 Å². The summed E-state index contributed by atoms with van der Waals surface area (Å²) in [5, 5.41) is 1.26. The van der Waals surface area contributed by atoms with Crippen molar-refractivity contribution in [1.82, 2.24) is 9.88 Å². The molecule has 3 rings (SSSR count). The van der Waals surface area contributed by atoms with Gasteiger partial charge in [0.05, 0.1) is 5.52 Å². The van der Waals surface area contributed by atoms with Crippen LogP contribution in [0.4, 0.5) is 0 Å². The van der Waals surface area contributed by atoms with Crippen LogP contribution in [0.25, 0.3) is 10.9 Å². The number of carbonyl (C=O) groups is 1. The molecule has 0 unspecified atom stereocenters. The second-order valence-electron chi connectivity index (χ2n) is 5.20.